The van der Waals surface area contributed by atoms with Crippen molar-refractivity contribution in [1.29, 1.82) is 0 Å². The Morgan fingerprint density at radius 2 is 2.17 bits per heavy atom. The van der Waals surface area contributed by atoms with E-state index in [2.05, 4.69) is 9.71 Å². The summed E-state index contributed by atoms with van der Waals surface area (Å²) < 4.78 is 27.1. The highest BCUT2D eigenvalue weighted by Gasteiger charge is 2.26. The number of carboxylic acid groups (broad SMARTS) is 1. The van der Waals surface area contributed by atoms with Gasteiger partial charge in [-0.3, -0.25) is 4.79 Å². The third-order valence-electron chi connectivity index (χ3n) is 3.16. The number of carbonyl (C=O) groups is 1. The maximum Gasteiger partial charge on any atom is 0.321 e. The van der Waals surface area contributed by atoms with Gasteiger partial charge in [-0.15, -0.1) is 22.7 Å². The van der Waals surface area contributed by atoms with E-state index in [1.54, 1.807) is 6.07 Å². The lowest BCUT2D eigenvalue weighted by molar-refractivity contribution is -0.139. The lowest BCUT2D eigenvalue weighted by atomic mass is 10.1. The summed E-state index contributed by atoms with van der Waals surface area (Å²) in [5, 5.41) is 11.9. The van der Waals surface area contributed by atoms with Crippen LogP contribution in [0.5, 0.6) is 0 Å². The fourth-order valence-electron chi connectivity index (χ4n) is 1.97. The molecular weight excluding hydrogens is 356 g/mol. The van der Waals surface area contributed by atoms with Crippen molar-refractivity contribution in [3.05, 3.63) is 22.5 Å². The number of hydrogen-bond donors (Lipinski definition) is 2. The van der Waals surface area contributed by atoms with Crippen LogP contribution in [0.15, 0.2) is 21.7 Å². The molecular formula is C14H18N2O4S3. The van der Waals surface area contributed by atoms with Gasteiger partial charge in [-0.05, 0) is 25.5 Å². The van der Waals surface area contributed by atoms with Gasteiger partial charge < -0.3 is 5.11 Å². The summed E-state index contributed by atoms with van der Waals surface area (Å²) in [7, 11) is -3.85. The summed E-state index contributed by atoms with van der Waals surface area (Å²) in [6.07, 6.45) is 1.72. The van der Waals surface area contributed by atoms with Crippen LogP contribution in [0.25, 0.3) is 10.6 Å². The molecule has 9 heteroatoms. The van der Waals surface area contributed by atoms with E-state index in [0.29, 0.717) is 6.42 Å². The minimum atomic E-state index is -3.85. The van der Waals surface area contributed by atoms with Crippen LogP contribution in [0.3, 0.4) is 0 Å². The van der Waals surface area contributed by atoms with Crippen molar-refractivity contribution in [1.82, 2.24) is 9.71 Å². The largest absolute Gasteiger partial charge is 0.480 e. The molecule has 2 rings (SSSR count). The molecule has 1 atom stereocenters. The molecule has 2 heterocycles. The predicted octanol–water partition coefficient (Wildman–Crippen LogP) is 3.10. The summed E-state index contributed by atoms with van der Waals surface area (Å²) in [6.45, 7) is 3.81. The average Bonchev–Trinajstić information content (AvgIpc) is 3.11. The molecule has 6 nitrogen and oxygen atoms in total. The number of aryl methyl sites for hydroxylation is 1. The van der Waals surface area contributed by atoms with Gasteiger partial charge in [-0.2, -0.15) is 4.72 Å². The molecule has 0 saturated heterocycles. The van der Waals surface area contributed by atoms with Crippen molar-refractivity contribution in [2.24, 2.45) is 0 Å². The number of nitrogens with zero attached hydrogens (tertiary/aromatic N) is 1. The van der Waals surface area contributed by atoms with Crippen molar-refractivity contribution in [2.75, 3.05) is 0 Å². The smallest absolute Gasteiger partial charge is 0.321 e. The molecule has 2 aromatic heterocycles. The van der Waals surface area contributed by atoms with Crippen LogP contribution in [-0.4, -0.2) is 30.5 Å². The molecule has 2 aromatic rings. The molecule has 0 aliphatic rings. The summed E-state index contributed by atoms with van der Waals surface area (Å²) >= 11 is 2.58. The van der Waals surface area contributed by atoms with Gasteiger partial charge in [0.1, 0.15) is 10.3 Å². The minimum absolute atomic E-state index is 0.0981. The van der Waals surface area contributed by atoms with Gasteiger partial charge in [0.15, 0.2) is 0 Å². The van der Waals surface area contributed by atoms with Gasteiger partial charge in [0.05, 0.1) is 15.6 Å². The Balaban J connectivity index is 2.19. The first-order valence-electron chi connectivity index (χ1n) is 7.11. The Morgan fingerprint density at radius 3 is 2.74 bits per heavy atom. The number of aliphatic carboxylic acids is 1. The van der Waals surface area contributed by atoms with E-state index < -0.39 is 22.0 Å². The van der Waals surface area contributed by atoms with Gasteiger partial charge in [0, 0.05) is 5.38 Å². The number of sulfonamides is 1. The maximum atomic E-state index is 12.4. The molecule has 126 valence electrons. The first-order chi connectivity index (χ1) is 10.8. The van der Waals surface area contributed by atoms with Crippen molar-refractivity contribution < 1.29 is 18.3 Å². The lowest BCUT2D eigenvalue weighted by Gasteiger charge is -2.13. The third-order valence-corrected chi connectivity index (χ3v) is 7.00. The fourth-order valence-corrected chi connectivity index (χ4v) is 5.16. The van der Waals surface area contributed by atoms with Gasteiger partial charge in [0.2, 0.25) is 0 Å². The Labute approximate surface area is 143 Å². The predicted molar refractivity (Wildman–Crippen MR) is 91.4 cm³/mol. The van der Waals surface area contributed by atoms with Crippen molar-refractivity contribution in [3.63, 3.8) is 0 Å². The number of aromatic nitrogens is 1. The van der Waals surface area contributed by atoms with Crippen LogP contribution in [0.4, 0.5) is 0 Å². The molecule has 0 radical (unpaired) electrons. The molecule has 0 spiro atoms. The van der Waals surface area contributed by atoms with E-state index in [0.717, 1.165) is 33.3 Å². The average molecular weight is 375 g/mol. The number of carboxylic acids is 1. The highest BCUT2D eigenvalue weighted by Crippen LogP contribution is 2.31. The van der Waals surface area contributed by atoms with Crippen LogP contribution >= 0.6 is 22.7 Å². The zero-order valence-corrected chi connectivity index (χ0v) is 15.2. The summed E-state index contributed by atoms with van der Waals surface area (Å²) in [6, 6.07) is 2.07. The number of rotatable bonds is 8. The SMILES string of the molecule is CCCCC(NS(=O)(=O)c1ccc(-c2csc(C)n2)s1)C(=O)O. The highest BCUT2D eigenvalue weighted by atomic mass is 32.2. The second-order valence-electron chi connectivity index (χ2n) is 5.02. The van der Waals surface area contributed by atoms with Crippen molar-refractivity contribution in [2.45, 2.75) is 43.4 Å². The van der Waals surface area contributed by atoms with Crippen molar-refractivity contribution >= 4 is 38.7 Å². The number of nitrogens with one attached hydrogen (secondary N) is 1. The molecule has 2 N–H and O–H groups in total. The van der Waals surface area contributed by atoms with Crippen LogP contribution in [-0.2, 0) is 14.8 Å². The second kappa shape index (κ2) is 7.52. The van der Waals surface area contributed by atoms with E-state index in [-0.39, 0.29) is 10.6 Å². The molecule has 0 bridgehead atoms. The van der Waals surface area contributed by atoms with Crippen LogP contribution in [0.2, 0.25) is 0 Å². The van der Waals surface area contributed by atoms with Crippen molar-refractivity contribution in [3.8, 4) is 10.6 Å². The van der Waals surface area contributed by atoms with E-state index in [1.165, 1.54) is 17.4 Å². The molecule has 0 fully saturated rings. The zero-order valence-electron chi connectivity index (χ0n) is 12.8. The lowest BCUT2D eigenvalue weighted by Crippen LogP contribution is -2.40. The normalized spacial score (nSPS) is 13.1. The minimum Gasteiger partial charge on any atom is -0.480 e. The van der Waals surface area contributed by atoms with Gasteiger partial charge in [0.25, 0.3) is 10.0 Å². The molecule has 23 heavy (non-hydrogen) atoms. The fraction of sp³-hybridized carbons (Fsp3) is 0.429. The number of hydrogen-bond acceptors (Lipinski definition) is 6. The Hall–Kier alpha value is -1.29. The molecule has 0 amide bonds. The van der Waals surface area contributed by atoms with Crippen LogP contribution < -0.4 is 4.72 Å². The standard InChI is InChI=1S/C14H18N2O4S3/c1-3-4-5-10(14(17)18)16-23(19,20)13-7-6-12(22-13)11-8-21-9(2)15-11/h6-8,10,16H,3-5H2,1-2H3,(H,17,18). The molecule has 1 unspecified atom stereocenters. The third kappa shape index (κ3) is 4.60. The van der Waals surface area contributed by atoms with Gasteiger partial charge >= 0.3 is 5.97 Å². The molecule has 0 saturated carbocycles. The van der Waals surface area contributed by atoms with Crippen LogP contribution in [0, 0.1) is 6.92 Å². The van der Waals surface area contributed by atoms with Gasteiger partial charge in [-0.1, -0.05) is 19.8 Å². The quantitative estimate of drug-likeness (QED) is 0.740. The van der Waals surface area contributed by atoms with E-state index in [4.69, 9.17) is 5.11 Å². The highest BCUT2D eigenvalue weighted by molar-refractivity contribution is 7.91. The first-order valence-corrected chi connectivity index (χ1v) is 10.3. The first kappa shape index (κ1) is 18.1. The Morgan fingerprint density at radius 1 is 1.43 bits per heavy atom. The molecule has 0 aliphatic carbocycles. The topological polar surface area (TPSA) is 96.4 Å². The summed E-state index contributed by atoms with van der Waals surface area (Å²) in [4.78, 5) is 16.3. The van der Waals surface area contributed by atoms with Crippen LogP contribution in [0.1, 0.15) is 31.2 Å². The van der Waals surface area contributed by atoms with Gasteiger partial charge in [-0.25, -0.2) is 13.4 Å². The number of thiophene rings is 1. The van der Waals surface area contributed by atoms with E-state index in [9.17, 15) is 13.2 Å². The monoisotopic (exact) mass is 374 g/mol. The summed E-state index contributed by atoms with van der Waals surface area (Å²) in [5.74, 6) is -1.16. The Bertz CT molecular complexity index is 780. The van der Waals surface area contributed by atoms with E-state index in [1.807, 2.05) is 19.2 Å². The Kier molecular flexibility index (Phi) is 5.90. The summed E-state index contributed by atoms with van der Waals surface area (Å²) in [5.41, 5.74) is 0.736. The molecule has 0 aromatic carbocycles. The zero-order chi connectivity index (χ0) is 17.0. The second-order valence-corrected chi connectivity index (χ2v) is 9.11. The van der Waals surface area contributed by atoms with E-state index >= 15 is 0 Å². The maximum absolute atomic E-state index is 12.4. The number of unbranched alkanes of at least 4 members (excludes halogenated alkanes) is 1. The number of thiazole rings is 1. The molecule has 0 aliphatic heterocycles.